The molecule has 2 aromatic heterocycles. The SMILES string of the molecule is C=CC(=O)N1CCc2nn(-c3ccc(C(C)C)cc3)c3c2C(C1)N(C(=O)c1ccc(C(F)(F)F)c(=O)[nH]1)CC3. The number of hydrogen-bond acceptors (Lipinski definition) is 4. The molecular formula is C28H28F3N5O3. The van der Waals surface area contributed by atoms with Crippen molar-refractivity contribution in [2.45, 2.75) is 44.8 Å². The molecule has 2 aliphatic rings. The maximum atomic E-state index is 13.6. The lowest BCUT2D eigenvalue weighted by atomic mass is 9.95. The number of H-pyrrole nitrogens is 1. The predicted molar refractivity (Wildman–Crippen MR) is 138 cm³/mol. The van der Waals surface area contributed by atoms with Gasteiger partial charge in [0, 0.05) is 38.0 Å². The first kappa shape index (κ1) is 26.5. The van der Waals surface area contributed by atoms with E-state index in [1.165, 1.54) is 16.5 Å². The molecule has 1 atom stereocenters. The minimum absolute atomic E-state index is 0.166. The van der Waals surface area contributed by atoms with Gasteiger partial charge in [0.15, 0.2) is 0 Å². The third kappa shape index (κ3) is 4.77. The van der Waals surface area contributed by atoms with Crippen LogP contribution in [0.1, 0.15) is 64.4 Å². The van der Waals surface area contributed by atoms with E-state index in [0.29, 0.717) is 31.4 Å². The minimum Gasteiger partial charge on any atom is -0.336 e. The molecule has 11 heteroatoms. The van der Waals surface area contributed by atoms with Crippen LogP contribution in [-0.2, 0) is 23.8 Å². The van der Waals surface area contributed by atoms with Crippen molar-refractivity contribution in [2.75, 3.05) is 19.6 Å². The summed E-state index contributed by atoms with van der Waals surface area (Å²) in [6.07, 6.45) is -2.71. The number of hydrogen-bond donors (Lipinski definition) is 1. The smallest absolute Gasteiger partial charge is 0.336 e. The summed E-state index contributed by atoms with van der Waals surface area (Å²) in [5.41, 5.74) is 1.58. The first-order valence-corrected chi connectivity index (χ1v) is 12.7. The van der Waals surface area contributed by atoms with E-state index in [1.807, 2.05) is 16.8 Å². The van der Waals surface area contributed by atoms with Gasteiger partial charge in [-0.25, -0.2) is 4.68 Å². The topological polar surface area (TPSA) is 91.3 Å². The lowest BCUT2D eigenvalue weighted by molar-refractivity contribution is -0.138. The predicted octanol–water partition coefficient (Wildman–Crippen LogP) is 4.01. The zero-order valence-electron chi connectivity index (χ0n) is 21.6. The molecule has 5 rings (SSSR count). The Morgan fingerprint density at radius 1 is 1.10 bits per heavy atom. The molecule has 0 fully saturated rings. The molecule has 204 valence electrons. The molecular weight excluding hydrogens is 511 g/mol. The number of alkyl halides is 3. The summed E-state index contributed by atoms with van der Waals surface area (Å²) in [4.78, 5) is 43.5. The van der Waals surface area contributed by atoms with Crippen molar-refractivity contribution in [2.24, 2.45) is 0 Å². The summed E-state index contributed by atoms with van der Waals surface area (Å²) < 4.78 is 41.2. The second-order valence-corrected chi connectivity index (χ2v) is 10.1. The average Bonchev–Trinajstić information content (AvgIpc) is 3.17. The van der Waals surface area contributed by atoms with Gasteiger partial charge in [-0.05, 0) is 41.8 Å². The number of benzene rings is 1. The molecule has 1 unspecified atom stereocenters. The van der Waals surface area contributed by atoms with Crippen LogP contribution in [0.5, 0.6) is 0 Å². The lowest BCUT2D eigenvalue weighted by Crippen LogP contribution is -2.46. The summed E-state index contributed by atoms with van der Waals surface area (Å²) >= 11 is 0. The first-order valence-electron chi connectivity index (χ1n) is 12.7. The van der Waals surface area contributed by atoms with Crippen molar-refractivity contribution in [3.8, 4) is 5.69 Å². The number of carbonyl (C=O) groups excluding carboxylic acids is 2. The maximum absolute atomic E-state index is 13.6. The van der Waals surface area contributed by atoms with Crippen molar-refractivity contribution in [3.63, 3.8) is 0 Å². The van der Waals surface area contributed by atoms with E-state index in [1.54, 1.807) is 4.90 Å². The normalized spacial score (nSPS) is 17.1. The standard InChI is InChI=1S/C28H28F3N5O3/c1-4-24(37)34-13-11-20-25-22(36(33-20)18-7-5-17(6-8-18)16(2)3)12-14-35(23(25)15-34)27(39)21-10-9-19(26(38)32-21)28(29,30)31/h4-10,16,23H,1,11-15H2,2-3H3,(H,32,38). The summed E-state index contributed by atoms with van der Waals surface area (Å²) in [6, 6.07) is 9.12. The number of aromatic amines is 1. The number of rotatable bonds is 4. The highest BCUT2D eigenvalue weighted by Gasteiger charge is 2.41. The van der Waals surface area contributed by atoms with Crippen molar-refractivity contribution in [1.29, 1.82) is 0 Å². The number of carbonyl (C=O) groups is 2. The van der Waals surface area contributed by atoms with E-state index in [0.717, 1.165) is 28.7 Å². The van der Waals surface area contributed by atoms with Gasteiger partial charge in [-0.2, -0.15) is 18.3 Å². The van der Waals surface area contributed by atoms with Crippen LogP contribution in [0.15, 0.2) is 53.8 Å². The second kappa shape index (κ2) is 9.87. The van der Waals surface area contributed by atoms with Crippen molar-refractivity contribution < 1.29 is 22.8 Å². The van der Waals surface area contributed by atoms with Gasteiger partial charge in [-0.15, -0.1) is 0 Å². The molecule has 39 heavy (non-hydrogen) atoms. The summed E-state index contributed by atoms with van der Waals surface area (Å²) in [7, 11) is 0. The Morgan fingerprint density at radius 2 is 1.82 bits per heavy atom. The van der Waals surface area contributed by atoms with Crippen LogP contribution >= 0.6 is 0 Å². The number of aromatic nitrogens is 3. The third-order valence-corrected chi connectivity index (χ3v) is 7.41. The molecule has 0 radical (unpaired) electrons. The molecule has 1 N–H and O–H groups in total. The number of halogens is 3. The molecule has 0 aliphatic carbocycles. The van der Waals surface area contributed by atoms with Gasteiger partial charge in [0.1, 0.15) is 11.3 Å². The molecule has 1 aromatic carbocycles. The van der Waals surface area contributed by atoms with Crippen LogP contribution in [0.25, 0.3) is 5.69 Å². The van der Waals surface area contributed by atoms with Gasteiger partial charge in [0.2, 0.25) is 5.91 Å². The minimum atomic E-state index is -4.83. The van der Waals surface area contributed by atoms with Gasteiger partial charge < -0.3 is 14.8 Å². The Bertz CT molecular complexity index is 1500. The van der Waals surface area contributed by atoms with E-state index < -0.39 is 29.2 Å². The van der Waals surface area contributed by atoms with Crippen LogP contribution in [0.2, 0.25) is 0 Å². The van der Waals surface area contributed by atoms with Gasteiger partial charge in [0.05, 0.1) is 23.1 Å². The zero-order valence-corrected chi connectivity index (χ0v) is 21.6. The van der Waals surface area contributed by atoms with E-state index in [2.05, 4.69) is 37.5 Å². The van der Waals surface area contributed by atoms with Crippen molar-refractivity contribution in [3.05, 3.63) is 93.2 Å². The number of nitrogens with one attached hydrogen (secondary N) is 1. The highest BCUT2D eigenvalue weighted by atomic mass is 19.4. The lowest BCUT2D eigenvalue weighted by Gasteiger charge is -2.37. The summed E-state index contributed by atoms with van der Waals surface area (Å²) in [6.45, 7) is 8.57. The quantitative estimate of drug-likeness (QED) is 0.508. The van der Waals surface area contributed by atoms with Crippen LogP contribution in [0.3, 0.4) is 0 Å². The molecule has 8 nitrogen and oxygen atoms in total. The fourth-order valence-corrected chi connectivity index (χ4v) is 5.36. The highest BCUT2D eigenvalue weighted by molar-refractivity contribution is 5.93. The molecule has 0 bridgehead atoms. The molecule has 4 heterocycles. The average molecular weight is 540 g/mol. The van der Waals surface area contributed by atoms with Crippen molar-refractivity contribution in [1.82, 2.24) is 24.6 Å². The number of nitrogens with zero attached hydrogens (tertiary/aromatic N) is 4. The molecule has 3 aromatic rings. The first-order chi connectivity index (χ1) is 18.5. The summed E-state index contributed by atoms with van der Waals surface area (Å²) in [5.74, 6) is -0.537. The summed E-state index contributed by atoms with van der Waals surface area (Å²) in [5, 5.41) is 4.89. The van der Waals surface area contributed by atoms with Gasteiger partial charge in [-0.1, -0.05) is 32.6 Å². The number of pyridine rings is 1. The Labute approximate surface area is 222 Å². The molecule has 0 saturated carbocycles. The van der Waals surface area contributed by atoms with E-state index in [-0.39, 0.29) is 24.7 Å². The molecule has 0 spiro atoms. The Hall–Kier alpha value is -4.15. The molecule has 0 saturated heterocycles. The Balaban J connectivity index is 1.56. The monoisotopic (exact) mass is 539 g/mol. The van der Waals surface area contributed by atoms with E-state index >= 15 is 0 Å². The van der Waals surface area contributed by atoms with Gasteiger partial charge in [-0.3, -0.25) is 14.4 Å². The fourth-order valence-electron chi connectivity index (χ4n) is 5.36. The van der Waals surface area contributed by atoms with Crippen molar-refractivity contribution >= 4 is 11.8 Å². The molecule has 2 amide bonds. The fraction of sp³-hybridized carbons (Fsp3) is 0.357. The van der Waals surface area contributed by atoms with E-state index in [4.69, 9.17) is 5.10 Å². The van der Waals surface area contributed by atoms with Gasteiger partial charge in [0.25, 0.3) is 11.5 Å². The third-order valence-electron chi connectivity index (χ3n) is 7.41. The van der Waals surface area contributed by atoms with Crippen LogP contribution in [0, 0.1) is 0 Å². The second-order valence-electron chi connectivity index (χ2n) is 10.1. The zero-order chi connectivity index (χ0) is 28.1. The Kier molecular flexibility index (Phi) is 6.69. The maximum Gasteiger partial charge on any atom is 0.421 e. The number of amides is 2. The van der Waals surface area contributed by atoms with E-state index in [9.17, 15) is 27.6 Å². The van der Waals surface area contributed by atoms with Crippen LogP contribution in [0.4, 0.5) is 13.2 Å². The largest absolute Gasteiger partial charge is 0.421 e. The van der Waals surface area contributed by atoms with Crippen LogP contribution < -0.4 is 5.56 Å². The van der Waals surface area contributed by atoms with Crippen LogP contribution in [-0.4, -0.2) is 56.0 Å². The highest BCUT2D eigenvalue weighted by Crippen LogP contribution is 2.37. The Morgan fingerprint density at radius 3 is 2.44 bits per heavy atom. The van der Waals surface area contributed by atoms with Gasteiger partial charge >= 0.3 is 6.18 Å². The molecule has 2 aliphatic heterocycles.